The van der Waals surface area contributed by atoms with Gasteiger partial charge in [-0.05, 0) is 66.9 Å². The van der Waals surface area contributed by atoms with Crippen LogP contribution in [0.3, 0.4) is 0 Å². The molecule has 0 saturated carbocycles. The summed E-state index contributed by atoms with van der Waals surface area (Å²) in [6.45, 7) is 14.4. The van der Waals surface area contributed by atoms with E-state index in [-0.39, 0.29) is 22.6 Å². The van der Waals surface area contributed by atoms with Crippen LogP contribution < -0.4 is 5.32 Å². The lowest BCUT2D eigenvalue weighted by Crippen LogP contribution is -2.53. The average Bonchev–Trinajstić information content (AvgIpc) is 2.95. The number of aryl methyl sites for hydroxylation is 1. The van der Waals surface area contributed by atoms with E-state index in [0.717, 1.165) is 22.6 Å². The van der Waals surface area contributed by atoms with E-state index in [4.69, 9.17) is 12.2 Å². The van der Waals surface area contributed by atoms with E-state index >= 15 is 0 Å². The molecule has 30 heavy (non-hydrogen) atoms. The van der Waals surface area contributed by atoms with Crippen LogP contribution in [0.1, 0.15) is 43.3 Å². The van der Waals surface area contributed by atoms with E-state index in [1.165, 1.54) is 10.5 Å². The van der Waals surface area contributed by atoms with Crippen molar-refractivity contribution in [1.82, 2.24) is 14.8 Å². The lowest BCUT2D eigenvalue weighted by atomic mass is 9.87. The summed E-state index contributed by atoms with van der Waals surface area (Å²) in [5, 5.41) is 2.69. The number of hydrogen-bond donors (Lipinski definition) is 1. The third kappa shape index (κ3) is 4.00. The van der Waals surface area contributed by atoms with Crippen molar-refractivity contribution >= 4 is 35.2 Å². The average molecular weight is 422 g/mol. The van der Waals surface area contributed by atoms with Crippen molar-refractivity contribution in [1.29, 1.82) is 0 Å². The molecule has 0 bridgehead atoms. The van der Waals surface area contributed by atoms with Crippen molar-refractivity contribution < 1.29 is 9.59 Å². The number of aromatic nitrogens is 1. The van der Waals surface area contributed by atoms with Gasteiger partial charge in [0.05, 0.1) is 0 Å². The van der Waals surface area contributed by atoms with Crippen LogP contribution in [0.5, 0.6) is 0 Å². The molecule has 2 heterocycles. The zero-order chi connectivity index (χ0) is 22.2. The van der Waals surface area contributed by atoms with Crippen molar-refractivity contribution in [2.45, 2.75) is 40.0 Å². The lowest BCUT2D eigenvalue weighted by molar-refractivity contribution is -0.128. The fourth-order valence-corrected chi connectivity index (χ4v) is 3.84. The van der Waals surface area contributed by atoms with Gasteiger partial charge in [0, 0.05) is 23.6 Å². The molecule has 2 aromatic rings. The predicted octanol–water partition coefficient (Wildman–Crippen LogP) is 4.20. The summed E-state index contributed by atoms with van der Waals surface area (Å²) in [4.78, 5) is 26.6. The summed E-state index contributed by atoms with van der Waals surface area (Å²) in [5.41, 5.74) is 5.24. The van der Waals surface area contributed by atoms with E-state index in [0.29, 0.717) is 0 Å². The Balaban J connectivity index is 2.01. The second kappa shape index (κ2) is 8.03. The number of benzene rings is 1. The first kappa shape index (κ1) is 21.7. The minimum Gasteiger partial charge on any atom is -0.318 e. The molecule has 0 atom stereocenters. The first-order chi connectivity index (χ1) is 14.0. The zero-order valence-electron chi connectivity index (χ0n) is 18.1. The molecule has 0 unspecified atom stereocenters. The molecular weight excluding hydrogens is 394 g/mol. The maximum absolute atomic E-state index is 12.8. The van der Waals surface area contributed by atoms with Gasteiger partial charge >= 0.3 is 0 Å². The van der Waals surface area contributed by atoms with E-state index in [9.17, 15) is 9.59 Å². The van der Waals surface area contributed by atoms with Crippen LogP contribution in [0, 0.1) is 13.8 Å². The molecule has 2 amide bonds. The number of carbonyl (C=O) groups is 2. The fraction of sp³-hybridized carbons (Fsp3) is 0.292. The largest absolute Gasteiger partial charge is 0.318 e. The van der Waals surface area contributed by atoms with Crippen molar-refractivity contribution in [3.8, 4) is 5.69 Å². The molecule has 6 heteroatoms. The summed E-state index contributed by atoms with van der Waals surface area (Å²) in [5.74, 6) is -0.896. The molecule has 0 aliphatic carbocycles. The Labute approximate surface area is 183 Å². The van der Waals surface area contributed by atoms with Gasteiger partial charge in [0.25, 0.3) is 11.8 Å². The molecule has 5 nitrogen and oxygen atoms in total. The Morgan fingerprint density at radius 3 is 2.33 bits per heavy atom. The number of carbonyl (C=O) groups excluding carboxylic acids is 2. The Morgan fingerprint density at radius 2 is 1.77 bits per heavy atom. The van der Waals surface area contributed by atoms with Gasteiger partial charge in [0.15, 0.2) is 5.11 Å². The van der Waals surface area contributed by atoms with Gasteiger partial charge in [-0.25, -0.2) is 0 Å². The quantitative estimate of drug-likeness (QED) is 0.348. The third-order valence-electron chi connectivity index (χ3n) is 5.26. The first-order valence-electron chi connectivity index (χ1n) is 9.84. The summed E-state index contributed by atoms with van der Waals surface area (Å²) < 4.78 is 2.12. The van der Waals surface area contributed by atoms with Gasteiger partial charge in [0.2, 0.25) is 0 Å². The van der Waals surface area contributed by atoms with Crippen molar-refractivity contribution in [2.24, 2.45) is 0 Å². The second-order valence-corrected chi connectivity index (χ2v) is 8.87. The van der Waals surface area contributed by atoms with E-state index < -0.39 is 11.8 Å². The van der Waals surface area contributed by atoms with Crippen LogP contribution in [0.4, 0.5) is 0 Å². The highest BCUT2D eigenvalue weighted by atomic mass is 32.1. The topological polar surface area (TPSA) is 54.3 Å². The molecular formula is C24H27N3O2S. The van der Waals surface area contributed by atoms with Crippen molar-refractivity contribution in [3.05, 3.63) is 71.1 Å². The summed E-state index contributed by atoms with van der Waals surface area (Å²) in [6.07, 6.45) is 3.21. The van der Waals surface area contributed by atoms with Gasteiger partial charge in [0.1, 0.15) is 5.57 Å². The van der Waals surface area contributed by atoms with Crippen LogP contribution in [0.15, 0.2) is 48.6 Å². The van der Waals surface area contributed by atoms with Gasteiger partial charge < -0.3 is 4.57 Å². The molecule has 1 aliphatic rings. The summed E-state index contributed by atoms with van der Waals surface area (Å²) in [6, 6.07) is 10.4. The SMILES string of the molecule is C=CCN1C(=O)/C(=C/c2cc(C)n(-c3ccc(C(C)(C)C)cc3)c2C)C(=O)NC1=S. The van der Waals surface area contributed by atoms with Crippen LogP contribution in [-0.4, -0.2) is 32.9 Å². The molecule has 0 spiro atoms. The number of nitrogens with one attached hydrogen (secondary N) is 1. The molecule has 3 rings (SSSR count). The highest BCUT2D eigenvalue weighted by molar-refractivity contribution is 7.80. The number of thiocarbonyl (C=S) groups is 1. The minimum atomic E-state index is -0.482. The van der Waals surface area contributed by atoms with Crippen molar-refractivity contribution in [3.63, 3.8) is 0 Å². The smallest absolute Gasteiger partial charge is 0.265 e. The van der Waals surface area contributed by atoms with Gasteiger partial charge in [-0.1, -0.05) is 39.0 Å². The molecule has 1 aliphatic heterocycles. The summed E-state index contributed by atoms with van der Waals surface area (Å²) >= 11 is 5.11. The maximum Gasteiger partial charge on any atom is 0.265 e. The van der Waals surface area contributed by atoms with Gasteiger partial charge in [-0.15, -0.1) is 6.58 Å². The fourth-order valence-electron chi connectivity index (χ4n) is 3.59. The molecule has 1 aromatic carbocycles. The predicted molar refractivity (Wildman–Crippen MR) is 125 cm³/mol. The van der Waals surface area contributed by atoms with E-state index in [2.05, 4.69) is 61.5 Å². The highest BCUT2D eigenvalue weighted by Gasteiger charge is 2.32. The Kier molecular flexibility index (Phi) is 5.81. The van der Waals surface area contributed by atoms with Crippen LogP contribution in [0.25, 0.3) is 11.8 Å². The monoisotopic (exact) mass is 421 g/mol. The van der Waals surface area contributed by atoms with Crippen molar-refractivity contribution in [2.75, 3.05) is 6.54 Å². The normalized spacial score (nSPS) is 16.2. The summed E-state index contributed by atoms with van der Waals surface area (Å²) in [7, 11) is 0. The first-order valence-corrected chi connectivity index (χ1v) is 10.2. The Bertz CT molecular complexity index is 1070. The number of amides is 2. The van der Waals surface area contributed by atoms with Gasteiger partial charge in [-0.2, -0.15) is 0 Å². The van der Waals surface area contributed by atoms with E-state index in [1.54, 1.807) is 12.2 Å². The molecule has 156 valence electrons. The number of nitrogens with zero attached hydrogens (tertiary/aromatic N) is 2. The van der Waals surface area contributed by atoms with Crippen LogP contribution in [0.2, 0.25) is 0 Å². The minimum absolute atomic E-state index is 0.0637. The number of hydrogen-bond acceptors (Lipinski definition) is 3. The van der Waals surface area contributed by atoms with Crippen LogP contribution >= 0.6 is 12.2 Å². The molecule has 1 aromatic heterocycles. The standard InChI is InChI=1S/C24H27N3O2S/c1-7-12-26-22(29)20(21(28)25-23(26)30)14-17-13-15(2)27(16(17)3)19-10-8-18(9-11-19)24(4,5)6/h7-11,13-14H,1,12H2,2-6H3,(H,25,28,30)/b20-14+. The highest BCUT2D eigenvalue weighted by Crippen LogP contribution is 2.27. The third-order valence-corrected chi connectivity index (χ3v) is 5.58. The Hall–Kier alpha value is -2.99. The van der Waals surface area contributed by atoms with Crippen LogP contribution in [-0.2, 0) is 15.0 Å². The van der Waals surface area contributed by atoms with Gasteiger partial charge in [-0.3, -0.25) is 19.8 Å². The molecule has 1 fully saturated rings. The second-order valence-electron chi connectivity index (χ2n) is 8.48. The lowest BCUT2D eigenvalue weighted by Gasteiger charge is -2.27. The van der Waals surface area contributed by atoms with E-state index in [1.807, 2.05) is 19.9 Å². The maximum atomic E-state index is 12.8. The molecule has 0 radical (unpaired) electrons. The molecule has 1 saturated heterocycles. The number of rotatable bonds is 4. The zero-order valence-corrected chi connectivity index (χ0v) is 18.9. The molecule has 1 N–H and O–H groups in total. The Morgan fingerprint density at radius 1 is 1.13 bits per heavy atom.